The summed E-state index contributed by atoms with van der Waals surface area (Å²) in [6.45, 7) is 12.2. The molecule has 5 N–H and O–H groups in total. The Morgan fingerprint density at radius 1 is 0.800 bits per heavy atom. The maximum atomic E-state index is 14.3. The molecule has 0 aliphatic carbocycles. The van der Waals surface area contributed by atoms with Crippen LogP contribution in [0.2, 0.25) is 0 Å². The molecule has 10 atom stereocenters. The van der Waals surface area contributed by atoms with E-state index in [2.05, 4.69) is 28.2 Å². The summed E-state index contributed by atoms with van der Waals surface area (Å²) in [5.41, 5.74) is 1.32. The SMILES string of the molecule is CCC(C)C(C(CC(=O)N1CCCC1C(OC)C(C)C(=O)NCC(=O)Nc1ccc(CNC(=O)CCCCCN2C(=O)C=CC2=O)cc1)OC)N(C)C(=O)CNC(=O)C1C(C)[C@H](C)C(CC)N1C(=O)CCCCCO. The molecule has 4 rings (SSSR count). The number of hydrogen-bond donors (Lipinski definition) is 5. The molecule has 20 heteroatoms. The van der Waals surface area contributed by atoms with Crippen LogP contribution in [0.3, 0.4) is 0 Å². The standard InChI is InChI=1S/C55H86N8O12/c1-10-35(3)51(60(7)50(71)34-58-55(73)52-37(5)36(4)41(11-2)63(52)48(69)21-15-13-17-30-64)43(74-8)31-49(70)61-29-18-19-42(61)53(75-9)38(6)54(72)57-33-45(66)59-40-24-22-39(23-25-40)32-56-44(65)20-14-12-16-28-62-46(67)26-27-47(62)68/h22-27,35-38,41-43,51-53,64H,10-21,28-34H2,1-9H3,(H,56,65)(H,57,72)(H,58,73)(H,59,66)/t35?,36-,37?,38?,41?,42?,43?,51?,52?,53?/m0/s1. The number of nitrogens with zero attached hydrogens (tertiary/aromatic N) is 4. The fourth-order valence-electron chi connectivity index (χ4n) is 10.9. The lowest BCUT2D eigenvalue weighted by molar-refractivity contribution is -0.146. The van der Waals surface area contributed by atoms with Gasteiger partial charge in [0.15, 0.2) is 0 Å². The first-order valence-corrected chi connectivity index (χ1v) is 27.1. The summed E-state index contributed by atoms with van der Waals surface area (Å²) in [6, 6.07) is 5.12. The van der Waals surface area contributed by atoms with E-state index in [0.717, 1.165) is 5.56 Å². The van der Waals surface area contributed by atoms with Gasteiger partial charge in [-0.3, -0.25) is 48.1 Å². The summed E-state index contributed by atoms with van der Waals surface area (Å²) < 4.78 is 11.9. The Morgan fingerprint density at radius 2 is 1.47 bits per heavy atom. The van der Waals surface area contributed by atoms with Gasteiger partial charge in [0, 0.05) is 84.2 Å². The minimum atomic E-state index is -0.741. The predicted molar refractivity (Wildman–Crippen MR) is 282 cm³/mol. The van der Waals surface area contributed by atoms with E-state index in [1.54, 1.807) is 52.9 Å². The van der Waals surface area contributed by atoms with Crippen LogP contribution >= 0.6 is 0 Å². The molecule has 3 aliphatic rings. The highest BCUT2D eigenvalue weighted by Crippen LogP contribution is 2.38. The van der Waals surface area contributed by atoms with Gasteiger partial charge in [0.2, 0.25) is 41.4 Å². The second-order valence-corrected chi connectivity index (χ2v) is 20.5. The van der Waals surface area contributed by atoms with E-state index in [9.17, 15) is 48.3 Å². The first-order valence-electron chi connectivity index (χ1n) is 27.1. The fourth-order valence-corrected chi connectivity index (χ4v) is 10.9. The van der Waals surface area contributed by atoms with Crippen molar-refractivity contribution in [3.8, 4) is 0 Å². The van der Waals surface area contributed by atoms with Crippen LogP contribution in [-0.2, 0) is 59.2 Å². The number of likely N-dealkylation sites (tertiary alicyclic amines) is 2. The fraction of sp³-hybridized carbons (Fsp3) is 0.691. The molecular weight excluding hydrogens is 965 g/mol. The van der Waals surface area contributed by atoms with Gasteiger partial charge in [-0.25, -0.2) is 0 Å². The quantitative estimate of drug-likeness (QED) is 0.0528. The van der Waals surface area contributed by atoms with Crippen molar-refractivity contribution in [1.82, 2.24) is 35.6 Å². The summed E-state index contributed by atoms with van der Waals surface area (Å²) in [4.78, 5) is 124. The minimum absolute atomic E-state index is 0.0568. The molecule has 0 aromatic heterocycles. The number of carbonyl (C=O) groups excluding carboxylic acids is 9. The van der Waals surface area contributed by atoms with E-state index in [0.29, 0.717) is 96.0 Å². The predicted octanol–water partition coefficient (Wildman–Crippen LogP) is 3.69. The van der Waals surface area contributed by atoms with Crippen LogP contribution in [0.15, 0.2) is 36.4 Å². The number of amides is 9. The number of nitrogens with one attached hydrogen (secondary N) is 4. The molecule has 2 fully saturated rings. The molecule has 0 saturated carbocycles. The average molecular weight is 1050 g/mol. The maximum Gasteiger partial charge on any atom is 0.253 e. The number of anilines is 1. The van der Waals surface area contributed by atoms with Gasteiger partial charge in [-0.2, -0.15) is 0 Å². The van der Waals surface area contributed by atoms with Crippen LogP contribution in [0.25, 0.3) is 0 Å². The summed E-state index contributed by atoms with van der Waals surface area (Å²) >= 11 is 0. The van der Waals surface area contributed by atoms with E-state index < -0.39 is 48.1 Å². The van der Waals surface area contributed by atoms with Crippen LogP contribution < -0.4 is 21.3 Å². The summed E-state index contributed by atoms with van der Waals surface area (Å²) in [5, 5.41) is 20.4. The van der Waals surface area contributed by atoms with Crippen LogP contribution in [0, 0.1) is 23.7 Å². The number of benzene rings is 1. The minimum Gasteiger partial charge on any atom is -0.396 e. The van der Waals surface area contributed by atoms with Gasteiger partial charge in [0.25, 0.3) is 11.8 Å². The second kappa shape index (κ2) is 30.7. The Kier molecular flexibility index (Phi) is 25.3. The number of carbonyl (C=O) groups is 9. The van der Waals surface area contributed by atoms with Gasteiger partial charge in [-0.15, -0.1) is 0 Å². The highest BCUT2D eigenvalue weighted by molar-refractivity contribution is 6.12. The highest BCUT2D eigenvalue weighted by Gasteiger charge is 2.49. The summed E-state index contributed by atoms with van der Waals surface area (Å²) in [6.07, 6.45) is 8.13. The van der Waals surface area contributed by atoms with Crippen LogP contribution in [0.1, 0.15) is 131 Å². The molecule has 2 saturated heterocycles. The lowest BCUT2D eigenvalue weighted by atomic mass is 9.89. The van der Waals surface area contributed by atoms with Gasteiger partial charge in [-0.05, 0) is 80.4 Å². The number of rotatable bonds is 31. The third kappa shape index (κ3) is 17.1. The van der Waals surface area contributed by atoms with Crippen molar-refractivity contribution in [2.24, 2.45) is 23.7 Å². The van der Waals surface area contributed by atoms with Crippen LogP contribution in [-0.4, -0.2) is 168 Å². The first kappa shape index (κ1) is 61.8. The van der Waals surface area contributed by atoms with Crippen molar-refractivity contribution in [3.63, 3.8) is 0 Å². The molecule has 418 valence electrons. The van der Waals surface area contributed by atoms with Crippen LogP contribution in [0.5, 0.6) is 0 Å². The number of ether oxygens (including phenoxy) is 2. The Balaban J connectivity index is 1.26. The molecule has 20 nitrogen and oxygen atoms in total. The van der Waals surface area contributed by atoms with Gasteiger partial charge < -0.3 is 50.5 Å². The van der Waals surface area contributed by atoms with Crippen molar-refractivity contribution < 1.29 is 57.7 Å². The maximum absolute atomic E-state index is 14.3. The van der Waals surface area contributed by atoms with Crippen molar-refractivity contribution in [2.75, 3.05) is 59.4 Å². The van der Waals surface area contributed by atoms with Gasteiger partial charge >= 0.3 is 0 Å². The Morgan fingerprint density at radius 3 is 2.09 bits per heavy atom. The molecule has 3 heterocycles. The third-order valence-corrected chi connectivity index (χ3v) is 15.7. The summed E-state index contributed by atoms with van der Waals surface area (Å²) in [7, 11) is 4.65. The number of likely N-dealkylation sites (N-methyl/N-ethyl adjacent to an activating group) is 1. The molecule has 9 unspecified atom stereocenters. The number of aliphatic hydroxyl groups is 1. The largest absolute Gasteiger partial charge is 0.396 e. The summed E-state index contributed by atoms with van der Waals surface area (Å²) in [5.74, 6) is -3.59. The highest BCUT2D eigenvalue weighted by atomic mass is 16.5. The zero-order valence-corrected chi connectivity index (χ0v) is 45.9. The normalized spacial score (nSPS) is 21.4. The van der Waals surface area contributed by atoms with Crippen LogP contribution in [0.4, 0.5) is 5.69 Å². The van der Waals surface area contributed by atoms with Crippen molar-refractivity contribution >= 4 is 58.9 Å². The Labute approximate surface area is 443 Å². The zero-order valence-electron chi connectivity index (χ0n) is 45.9. The molecule has 0 bridgehead atoms. The molecule has 0 radical (unpaired) electrons. The molecular formula is C55H86N8O12. The van der Waals surface area contributed by atoms with E-state index in [1.165, 1.54) is 31.3 Å². The van der Waals surface area contributed by atoms with Gasteiger partial charge in [-0.1, -0.05) is 72.9 Å². The second-order valence-electron chi connectivity index (χ2n) is 20.5. The number of imide groups is 1. The number of hydrogen-bond acceptors (Lipinski definition) is 12. The number of methoxy groups -OCH3 is 2. The van der Waals surface area contributed by atoms with E-state index in [-0.39, 0.29) is 97.7 Å². The van der Waals surface area contributed by atoms with Crippen molar-refractivity contribution in [2.45, 2.75) is 168 Å². The Hall–Kier alpha value is -5.73. The van der Waals surface area contributed by atoms with Gasteiger partial charge in [0.05, 0.1) is 49.7 Å². The van der Waals surface area contributed by atoms with Crippen molar-refractivity contribution in [3.05, 3.63) is 42.0 Å². The van der Waals surface area contributed by atoms with E-state index >= 15 is 0 Å². The number of aliphatic hydroxyl groups excluding tert-OH is 1. The van der Waals surface area contributed by atoms with Gasteiger partial charge in [0.1, 0.15) is 6.04 Å². The molecule has 9 amide bonds. The molecule has 0 spiro atoms. The smallest absolute Gasteiger partial charge is 0.253 e. The third-order valence-electron chi connectivity index (χ3n) is 15.7. The zero-order chi connectivity index (χ0) is 55.4. The van der Waals surface area contributed by atoms with Crippen molar-refractivity contribution in [1.29, 1.82) is 0 Å². The monoisotopic (exact) mass is 1050 g/mol. The molecule has 75 heavy (non-hydrogen) atoms. The lowest BCUT2D eigenvalue weighted by Crippen LogP contribution is -2.55. The van der Waals surface area contributed by atoms with E-state index in [4.69, 9.17) is 9.47 Å². The first-order chi connectivity index (χ1) is 35.8. The molecule has 1 aromatic carbocycles. The lowest BCUT2D eigenvalue weighted by Gasteiger charge is -2.39. The topological polar surface area (TPSA) is 253 Å². The molecule has 1 aromatic rings. The molecule has 3 aliphatic heterocycles. The number of unbranched alkanes of at least 4 members (excludes halogenated alkanes) is 4. The average Bonchev–Trinajstić information content (AvgIpc) is 4.09. The Bertz CT molecular complexity index is 2120. The van der Waals surface area contributed by atoms with E-state index in [1.807, 2.05) is 27.7 Å².